The number of carbonyl (C=O) groups is 2. The summed E-state index contributed by atoms with van der Waals surface area (Å²) >= 11 is 0. The highest BCUT2D eigenvalue weighted by atomic mass is 16.5. The highest BCUT2D eigenvalue weighted by Crippen LogP contribution is 2.38. The van der Waals surface area contributed by atoms with Crippen molar-refractivity contribution in [1.82, 2.24) is 15.1 Å². The molecule has 0 unspecified atom stereocenters. The van der Waals surface area contributed by atoms with Gasteiger partial charge >= 0.3 is 0 Å². The second kappa shape index (κ2) is 13.9. The van der Waals surface area contributed by atoms with Gasteiger partial charge in [0.15, 0.2) is 11.5 Å². The Morgan fingerprint density at radius 1 is 0.804 bits per heavy atom. The van der Waals surface area contributed by atoms with Crippen LogP contribution in [0.1, 0.15) is 32.6 Å². The minimum Gasteiger partial charge on any atom is -0.493 e. The quantitative estimate of drug-likeness (QED) is 0.208. The molecule has 2 heterocycles. The van der Waals surface area contributed by atoms with Gasteiger partial charge in [-0.1, -0.05) is 48.5 Å². The number of hydrogen-bond acceptors (Lipinski definition) is 7. The van der Waals surface area contributed by atoms with Crippen LogP contribution in [-0.2, 0) is 17.9 Å². The molecule has 1 fully saturated rings. The van der Waals surface area contributed by atoms with E-state index in [1.165, 1.54) is 5.56 Å². The molecule has 0 aliphatic carbocycles. The molecule has 3 N–H and O–H groups in total. The molecule has 0 bridgehead atoms. The Kier molecular flexibility index (Phi) is 9.33. The fraction of sp³-hybridized carbons (Fsp3) is 0.243. The summed E-state index contributed by atoms with van der Waals surface area (Å²) in [6, 6.07) is 29.0. The number of amides is 2. The van der Waals surface area contributed by atoms with E-state index in [-0.39, 0.29) is 11.8 Å². The molecule has 1 saturated heterocycles. The maximum Gasteiger partial charge on any atom is 0.258 e. The zero-order chi connectivity index (χ0) is 32.0. The van der Waals surface area contributed by atoms with Crippen molar-refractivity contribution in [3.63, 3.8) is 0 Å². The highest BCUT2D eigenvalue weighted by molar-refractivity contribution is 6.37. The predicted molar refractivity (Wildman–Crippen MR) is 182 cm³/mol. The number of hydrogen-bond donors (Lipinski definition) is 3. The van der Waals surface area contributed by atoms with E-state index in [9.17, 15) is 9.59 Å². The molecule has 2 aliphatic heterocycles. The minimum atomic E-state index is -0.248. The number of likely N-dealkylation sites (N-methyl/N-ethyl adjacent to an activating group) is 1. The molecule has 2 aliphatic rings. The van der Waals surface area contributed by atoms with Crippen LogP contribution in [0.2, 0.25) is 0 Å². The number of benzene rings is 4. The summed E-state index contributed by atoms with van der Waals surface area (Å²) in [7, 11) is 5.32. The van der Waals surface area contributed by atoms with Crippen molar-refractivity contribution in [1.29, 1.82) is 0 Å². The van der Waals surface area contributed by atoms with Crippen LogP contribution in [0.5, 0.6) is 11.5 Å². The smallest absolute Gasteiger partial charge is 0.258 e. The van der Waals surface area contributed by atoms with E-state index in [2.05, 4.69) is 44.9 Å². The minimum absolute atomic E-state index is 0.224. The number of methoxy groups -OCH3 is 2. The van der Waals surface area contributed by atoms with Gasteiger partial charge in [-0.05, 0) is 66.2 Å². The third-order valence-corrected chi connectivity index (χ3v) is 8.44. The average Bonchev–Trinajstić information content (AvgIpc) is 3.42. The summed E-state index contributed by atoms with van der Waals surface area (Å²) in [6.07, 6.45) is 0. The number of ether oxygens (including phenoxy) is 2. The van der Waals surface area contributed by atoms with Crippen LogP contribution in [0.3, 0.4) is 0 Å². The van der Waals surface area contributed by atoms with Crippen molar-refractivity contribution in [3.05, 3.63) is 119 Å². The van der Waals surface area contributed by atoms with E-state index in [1.54, 1.807) is 32.4 Å². The zero-order valence-electron chi connectivity index (χ0n) is 26.4. The summed E-state index contributed by atoms with van der Waals surface area (Å²) in [5.74, 6) is 0.745. The number of nitrogens with zero attached hydrogens (tertiary/aromatic N) is 2. The van der Waals surface area contributed by atoms with Gasteiger partial charge in [0.05, 0.1) is 25.5 Å². The lowest BCUT2D eigenvalue weighted by Gasteiger charge is -2.32. The Hall–Kier alpha value is -5.12. The van der Waals surface area contributed by atoms with Gasteiger partial charge < -0.3 is 30.3 Å². The zero-order valence-corrected chi connectivity index (χ0v) is 26.4. The number of fused-ring (bicyclic) bond motifs is 1. The van der Waals surface area contributed by atoms with Crippen molar-refractivity contribution in [2.24, 2.45) is 0 Å². The number of carbonyl (C=O) groups excluding carboxylic acids is 2. The largest absolute Gasteiger partial charge is 0.493 e. The Bertz CT molecular complexity index is 1760. The fourth-order valence-corrected chi connectivity index (χ4v) is 5.87. The van der Waals surface area contributed by atoms with Gasteiger partial charge in [0.25, 0.3) is 11.8 Å². The molecule has 9 nitrogen and oxygen atoms in total. The van der Waals surface area contributed by atoms with E-state index in [0.717, 1.165) is 49.5 Å². The van der Waals surface area contributed by atoms with Gasteiger partial charge in [-0.15, -0.1) is 0 Å². The van der Waals surface area contributed by atoms with Gasteiger partial charge in [-0.25, -0.2) is 0 Å². The predicted octanol–water partition coefficient (Wildman–Crippen LogP) is 5.31. The molecule has 4 aromatic carbocycles. The van der Waals surface area contributed by atoms with Gasteiger partial charge in [0.2, 0.25) is 0 Å². The Balaban J connectivity index is 1.28. The monoisotopic (exact) mass is 617 g/mol. The summed E-state index contributed by atoms with van der Waals surface area (Å²) in [5, 5.41) is 9.56. The topological polar surface area (TPSA) is 95.2 Å². The molecule has 236 valence electrons. The Labute approximate surface area is 269 Å². The number of anilines is 2. The first-order chi connectivity index (χ1) is 22.4. The molecular formula is C37H39N5O4. The van der Waals surface area contributed by atoms with E-state index >= 15 is 0 Å². The van der Waals surface area contributed by atoms with Gasteiger partial charge in [0.1, 0.15) is 0 Å². The van der Waals surface area contributed by atoms with E-state index < -0.39 is 0 Å². The molecule has 0 aromatic heterocycles. The molecule has 6 rings (SSSR count). The highest BCUT2D eigenvalue weighted by Gasteiger charge is 2.29. The van der Waals surface area contributed by atoms with Crippen LogP contribution in [0, 0.1) is 0 Å². The standard InChI is InChI=1S/C37H39N5O4/c1-41-16-18-42(19-17-41)24-26-8-7-11-29(20-26)39-35(27-9-5-4-6-10-27)34-30-22-28(13-14-31(30)40-37(34)44)36(43)38-23-25-12-15-32(45-2)33(21-25)46-3/h4-15,20-22,39H,16-19,23-24H2,1-3H3,(H,38,43)(H,40,44). The van der Waals surface area contributed by atoms with Crippen LogP contribution < -0.4 is 25.4 Å². The molecular weight excluding hydrogens is 578 g/mol. The summed E-state index contributed by atoms with van der Waals surface area (Å²) < 4.78 is 10.7. The lowest BCUT2D eigenvalue weighted by molar-refractivity contribution is -0.110. The van der Waals surface area contributed by atoms with Gasteiger partial charge in [0, 0.05) is 61.8 Å². The maximum absolute atomic E-state index is 13.6. The van der Waals surface area contributed by atoms with Crippen molar-refractivity contribution in [2.75, 3.05) is 58.1 Å². The van der Waals surface area contributed by atoms with E-state index in [4.69, 9.17) is 9.47 Å². The molecule has 46 heavy (non-hydrogen) atoms. The lowest BCUT2D eigenvalue weighted by Crippen LogP contribution is -2.43. The van der Waals surface area contributed by atoms with Crippen LogP contribution >= 0.6 is 0 Å². The fourth-order valence-electron chi connectivity index (χ4n) is 5.87. The normalized spacial score (nSPS) is 15.9. The van der Waals surface area contributed by atoms with Crippen molar-refractivity contribution in [3.8, 4) is 11.5 Å². The van der Waals surface area contributed by atoms with Crippen LogP contribution in [0.4, 0.5) is 11.4 Å². The molecule has 2 amide bonds. The second-order valence-electron chi connectivity index (χ2n) is 11.6. The van der Waals surface area contributed by atoms with Crippen molar-refractivity contribution >= 4 is 34.5 Å². The molecule has 0 spiro atoms. The third kappa shape index (κ3) is 6.91. The Morgan fingerprint density at radius 2 is 1.59 bits per heavy atom. The molecule has 0 radical (unpaired) electrons. The van der Waals surface area contributed by atoms with Crippen LogP contribution in [-0.4, -0.2) is 69.1 Å². The number of nitrogens with one attached hydrogen (secondary N) is 3. The molecule has 4 aromatic rings. The SMILES string of the molecule is COc1ccc(CNC(=O)c2ccc3c(c2)C(=C(Nc2cccc(CN4CCN(C)CC4)c2)c2ccccc2)C(=O)N3)cc1OC. The first-order valence-electron chi connectivity index (χ1n) is 15.4. The van der Waals surface area contributed by atoms with Crippen molar-refractivity contribution in [2.45, 2.75) is 13.1 Å². The molecule has 0 atom stereocenters. The number of rotatable bonds is 10. The second-order valence-corrected chi connectivity index (χ2v) is 11.6. The van der Waals surface area contributed by atoms with Crippen molar-refractivity contribution < 1.29 is 19.1 Å². The van der Waals surface area contributed by atoms with Crippen LogP contribution in [0.15, 0.2) is 91.0 Å². The molecule has 9 heteroatoms. The first kappa shape index (κ1) is 30.9. The maximum atomic E-state index is 13.6. The third-order valence-electron chi connectivity index (χ3n) is 8.44. The number of piperazine rings is 1. The summed E-state index contributed by atoms with van der Waals surface area (Å²) in [4.78, 5) is 31.7. The van der Waals surface area contributed by atoms with E-state index in [1.807, 2.05) is 60.7 Å². The van der Waals surface area contributed by atoms with Crippen LogP contribution in [0.25, 0.3) is 11.3 Å². The summed E-state index contributed by atoms with van der Waals surface area (Å²) in [5.41, 5.74) is 6.79. The van der Waals surface area contributed by atoms with Gasteiger partial charge in [-0.3, -0.25) is 14.5 Å². The molecule has 0 saturated carbocycles. The summed E-state index contributed by atoms with van der Waals surface area (Å²) in [6.45, 7) is 5.37. The average molecular weight is 618 g/mol. The Morgan fingerprint density at radius 3 is 2.35 bits per heavy atom. The lowest BCUT2D eigenvalue weighted by atomic mass is 9.98. The van der Waals surface area contributed by atoms with E-state index in [0.29, 0.717) is 46.1 Å². The van der Waals surface area contributed by atoms with Gasteiger partial charge in [-0.2, -0.15) is 0 Å². The first-order valence-corrected chi connectivity index (χ1v) is 15.4.